The molecule has 0 amide bonds. The van der Waals surface area contributed by atoms with Crippen molar-refractivity contribution < 1.29 is 5.11 Å². The summed E-state index contributed by atoms with van der Waals surface area (Å²) in [6.07, 6.45) is 3.49. The molecule has 0 saturated heterocycles. The van der Waals surface area contributed by atoms with E-state index in [0.29, 0.717) is 6.42 Å². The van der Waals surface area contributed by atoms with Gasteiger partial charge in [0.25, 0.3) is 0 Å². The van der Waals surface area contributed by atoms with Crippen LogP contribution in [0.4, 0.5) is 0 Å². The molecule has 0 aliphatic heterocycles. The quantitative estimate of drug-likeness (QED) is 0.657. The molecular formula is C9H15NO. The molecule has 0 aromatic rings. The van der Waals surface area contributed by atoms with Crippen molar-refractivity contribution in [3.63, 3.8) is 0 Å². The Morgan fingerprint density at radius 2 is 2.18 bits per heavy atom. The summed E-state index contributed by atoms with van der Waals surface area (Å²) in [6.45, 7) is 3.70. The van der Waals surface area contributed by atoms with Crippen molar-refractivity contribution >= 4 is 0 Å². The molecular weight excluding hydrogens is 138 g/mol. The summed E-state index contributed by atoms with van der Waals surface area (Å²) < 4.78 is 0. The van der Waals surface area contributed by atoms with E-state index in [0.717, 1.165) is 19.3 Å². The van der Waals surface area contributed by atoms with Crippen LogP contribution in [-0.4, -0.2) is 10.7 Å². The molecule has 0 spiro atoms. The molecule has 0 aromatic heterocycles. The van der Waals surface area contributed by atoms with Crippen LogP contribution >= 0.6 is 0 Å². The first-order chi connectivity index (χ1) is 5.08. The van der Waals surface area contributed by atoms with Gasteiger partial charge in [-0.1, -0.05) is 13.3 Å². The third-order valence-electron chi connectivity index (χ3n) is 3.14. The lowest BCUT2D eigenvalue weighted by Crippen LogP contribution is -2.49. The Hall–Kier alpha value is -0.550. The summed E-state index contributed by atoms with van der Waals surface area (Å²) in [4.78, 5) is 0. The second-order valence-electron chi connectivity index (χ2n) is 3.67. The Balaban J connectivity index is 2.78. The average Bonchev–Trinajstić information content (AvgIpc) is 1.86. The van der Waals surface area contributed by atoms with Gasteiger partial charge in [0, 0.05) is 0 Å². The number of aliphatic hydroxyl groups is 1. The van der Waals surface area contributed by atoms with Gasteiger partial charge in [0.1, 0.15) is 0 Å². The van der Waals surface area contributed by atoms with Gasteiger partial charge in [0.05, 0.1) is 17.1 Å². The van der Waals surface area contributed by atoms with E-state index in [1.165, 1.54) is 0 Å². The van der Waals surface area contributed by atoms with E-state index in [4.69, 9.17) is 5.26 Å². The van der Waals surface area contributed by atoms with E-state index < -0.39 is 11.0 Å². The fourth-order valence-corrected chi connectivity index (χ4v) is 1.64. The maximum absolute atomic E-state index is 9.87. The first-order valence-electron chi connectivity index (χ1n) is 4.21. The Kier molecular flexibility index (Phi) is 1.94. The van der Waals surface area contributed by atoms with Crippen molar-refractivity contribution in [1.29, 1.82) is 5.26 Å². The molecule has 2 heteroatoms. The molecule has 0 heterocycles. The maximum atomic E-state index is 9.87. The number of hydrogen-bond donors (Lipinski definition) is 1. The number of hydrogen-bond acceptors (Lipinski definition) is 2. The van der Waals surface area contributed by atoms with E-state index >= 15 is 0 Å². The summed E-state index contributed by atoms with van der Waals surface area (Å²) in [6, 6.07) is 2.26. The van der Waals surface area contributed by atoms with Crippen LogP contribution in [0.25, 0.3) is 0 Å². The monoisotopic (exact) mass is 153 g/mol. The third kappa shape index (κ3) is 1.04. The van der Waals surface area contributed by atoms with E-state index in [1.54, 1.807) is 6.92 Å². The van der Waals surface area contributed by atoms with E-state index in [2.05, 4.69) is 6.07 Å². The fraction of sp³-hybridized carbons (Fsp3) is 0.889. The molecule has 1 atom stereocenters. The van der Waals surface area contributed by atoms with Gasteiger partial charge in [0.2, 0.25) is 0 Å². The lowest BCUT2D eigenvalue weighted by molar-refractivity contribution is -0.0819. The van der Waals surface area contributed by atoms with Gasteiger partial charge in [-0.15, -0.1) is 0 Å². The van der Waals surface area contributed by atoms with Gasteiger partial charge in [-0.25, -0.2) is 0 Å². The Labute approximate surface area is 67.8 Å². The van der Waals surface area contributed by atoms with Crippen molar-refractivity contribution in [3.8, 4) is 6.07 Å². The average molecular weight is 153 g/mol. The molecule has 0 radical (unpaired) electrons. The summed E-state index contributed by atoms with van der Waals surface area (Å²) in [5.41, 5.74) is -1.21. The zero-order chi connectivity index (χ0) is 8.54. The summed E-state index contributed by atoms with van der Waals surface area (Å²) in [7, 11) is 0. The van der Waals surface area contributed by atoms with E-state index in [9.17, 15) is 5.11 Å². The summed E-state index contributed by atoms with van der Waals surface area (Å²) in [5, 5.41) is 18.8. The third-order valence-corrected chi connectivity index (χ3v) is 3.14. The molecule has 0 bridgehead atoms. The Morgan fingerprint density at radius 1 is 1.64 bits per heavy atom. The van der Waals surface area contributed by atoms with Gasteiger partial charge >= 0.3 is 0 Å². The molecule has 11 heavy (non-hydrogen) atoms. The minimum absolute atomic E-state index is 0.429. The van der Waals surface area contributed by atoms with Gasteiger partial charge in [-0.2, -0.15) is 5.26 Å². The van der Waals surface area contributed by atoms with Crippen LogP contribution in [0.1, 0.15) is 39.5 Å². The summed E-state index contributed by atoms with van der Waals surface area (Å²) in [5.74, 6) is 0. The first-order valence-corrected chi connectivity index (χ1v) is 4.21. The topological polar surface area (TPSA) is 44.0 Å². The molecule has 1 saturated carbocycles. The summed E-state index contributed by atoms with van der Waals surface area (Å²) >= 11 is 0. The molecule has 1 aliphatic rings. The first kappa shape index (κ1) is 8.55. The van der Waals surface area contributed by atoms with Crippen LogP contribution < -0.4 is 0 Å². The van der Waals surface area contributed by atoms with Crippen molar-refractivity contribution in [2.24, 2.45) is 5.41 Å². The molecule has 0 aromatic carbocycles. The molecule has 1 aliphatic carbocycles. The number of nitriles is 1. The van der Waals surface area contributed by atoms with Crippen molar-refractivity contribution in [2.75, 3.05) is 0 Å². The highest BCUT2D eigenvalue weighted by molar-refractivity contribution is 5.13. The zero-order valence-corrected chi connectivity index (χ0v) is 7.22. The lowest BCUT2D eigenvalue weighted by atomic mass is 9.59. The van der Waals surface area contributed by atoms with Gasteiger partial charge in [0.15, 0.2) is 0 Å². The minimum atomic E-state index is -0.778. The molecule has 1 N–H and O–H groups in total. The maximum Gasteiger partial charge on any atom is 0.0857 e. The minimum Gasteiger partial charge on any atom is -0.389 e. The smallest absolute Gasteiger partial charge is 0.0857 e. The number of rotatable bonds is 2. The van der Waals surface area contributed by atoms with Crippen LogP contribution in [0.3, 0.4) is 0 Å². The molecule has 1 fully saturated rings. The Bertz CT molecular complexity index is 186. The lowest BCUT2D eigenvalue weighted by Gasteiger charge is -2.46. The highest BCUT2D eigenvalue weighted by atomic mass is 16.3. The van der Waals surface area contributed by atoms with Crippen LogP contribution in [0, 0.1) is 16.7 Å². The highest BCUT2D eigenvalue weighted by Gasteiger charge is 2.50. The van der Waals surface area contributed by atoms with E-state index in [-0.39, 0.29) is 0 Å². The highest BCUT2D eigenvalue weighted by Crippen LogP contribution is 2.49. The second kappa shape index (κ2) is 2.49. The molecule has 2 nitrogen and oxygen atoms in total. The van der Waals surface area contributed by atoms with Crippen molar-refractivity contribution in [3.05, 3.63) is 0 Å². The van der Waals surface area contributed by atoms with Crippen LogP contribution in [-0.2, 0) is 0 Å². The second-order valence-corrected chi connectivity index (χ2v) is 3.67. The van der Waals surface area contributed by atoms with Crippen LogP contribution in [0.5, 0.6) is 0 Å². The largest absolute Gasteiger partial charge is 0.389 e. The molecule has 62 valence electrons. The number of nitrogens with zero attached hydrogens (tertiary/aromatic N) is 1. The van der Waals surface area contributed by atoms with Gasteiger partial charge in [-0.3, -0.25) is 0 Å². The normalized spacial score (nSPS) is 26.4. The standard InChI is InChI=1S/C9H15NO/c1-3-8(2,11)9(7-10)5-4-6-9/h11H,3-6H2,1-2H3. The van der Waals surface area contributed by atoms with Gasteiger partial charge < -0.3 is 5.11 Å². The Morgan fingerprint density at radius 3 is 2.27 bits per heavy atom. The predicted octanol–water partition coefficient (Wildman–Crippen LogP) is 1.84. The predicted molar refractivity (Wildman–Crippen MR) is 42.8 cm³/mol. The van der Waals surface area contributed by atoms with Crippen molar-refractivity contribution in [2.45, 2.75) is 45.1 Å². The van der Waals surface area contributed by atoms with Crippen LogP contribution in [0.15, 0.2) is 0 Å². The van der Waals surface area contributed by atoms with Crippen molar-refractivity contribution in [1.82, 2.24) is 0 Å². The molecule has 1 rings (SSSR count). The fourth-order valence-electron chi connectivity index (χ4n) is 1.64. The van der Waals surface area contributed by atoms with Crippen LogP contribution in [0.2, 0.25) is 0 Å². The molecule has 1 unspecified atom stereocenters. The van der Waals surface area contributed by atoms with Gasteiger partial charge in [-0.05, 0) is 26.2 Å². The SMILES string of the molecule is CCC(C)(O)C1(C#N)CCC1. The zero-order valence-electron chi connectivity index (χ0n) is 7.22. The van der Waals surface area contributed by atoms with E-state index in [1.807, 2.05) is 6.92 Å².